The fourth-order valence-corrected chi connectivity index (χ4v) is 3.78. The molecule has 2 aromatic rings. The maximum Gasteiger partial charge on any atom is 0.295 e. The number of amides is 1. The molecule has 0 aromatic heterocycles. The van der Waals surface area contributed by atoms with Crippen LogP contribution in [0.3, 0.4) is 0 Å². The Labute approximate surface area is 177 Å². The van der Waals surface area contributed by atoms with Crippen LogP contribution in [0.1, 0.15) is 31.0 Å². The number of ether oxygens (including phenoxy) is 1. The lowest BCUT2D eigenvalue weighted by Crippen LogP contribution is -2.38. The number of carbonyl (C=O) groups excluding carboxylic acids is 2. The van der Waals surface area contributed by atoms with Crippen LogP contribution in [0, 0.1) is 0 Å². The second-order valence-corrected chi connectivity index (χ2v) is 7.16. The van der Waals surface area contributed by atoms with Crippen LogP contribution < -0.4 is 4.74 Å². The number of benzene rings is 2. The molecule has 1 heterocycles. The molecule has 30 heavy (non-hydrogen) atoms. The first-order valence-electron chi connectivity index (χ1n) is 10.2. The number of methoxy groups -OCH3 is 1. The van der Waals surface area contributed by atoms with Gasteiger partial charge in [0.05, 0.1) is 18.7 Å². The van der Waals surface area contributed by atoms with Gasteiger partial charge in [0.15, 0.2) is 0 Å². The molecular formula is C24H28N2O4. The first-order valence-corrected chi connectivity index (χ1v) is 10.2. The lowest BCUT2D eigenvalue weighted by molar-refractivity contribution is -0.140. The Hall–Kier alpha value is -3.12. The van der Waals surface area contributed by atoms with Gasteiger partial charge in [0.1, 0.15) is 11.5 Å². The van der Waals surface area contributed by atoms with Crippen molar-refractivity contribution in [3.63, 3.8) is 0 Å². The number of rotatable bonds is 8. The van der Waals surface area contributed by atoms with Crippen LogP contribution in [0.5, 0.6) is 5.75 Å². The monoisotopic (exact) mass is 408 g/mol. The van der Waals surface area contributed by atoms with Crippen molar-refractivity contribution in [2.45, 2.75) is 19.9 Å². The van der Waals surface area contributed by atoms with Gasteiger partial charge in [-0.1, -0.05) is 56.3 Å². The number of hydrogen-bond acceptors (Lipinski definition) is 5. The lowest BCUT2D eigenvalue weighted by Gasteiger charge is -2.28. The zero-order chi connectivity index (χ0) is 21.7. The Kier molecular flexibility index (Phi) is 6.90. The third kappa shape index (κ3) is 4.24. The third-order valence-electron chi connectivity index (χ3n) is 5.57. The Morgan fingerprint density at radius 1 is 1.03 bits per heavy atom. The van der Waals surface area contributed by atoms with Crippen molar-refractivity contribution in [3.05, 3.63) is 71.3 Å². The van der Waals surface area contributed by atoms with E-state index in [2.05, 4.69) is 18.7 Å². The van der Waals surface area contributed by atoms with Gasteiger partial charge in [-0.05, 0) is 30.8 Å². The first-order chi connectivity index (χ1) is 14.5. The van der Waals surface area contributed by atoms with E-state index in [1.807, 2.05) is 18.2 Å². The van der Waals surface area contributed by atoms with Crippen molar-refractivity contribution in [1.29, 1.82) is 0 Å². The Morgan fingerprint density at radius 3 is 2.23 bits per heavy atom. The van der Waals surface area contributed by atoms with Crippen molar-refractivity contribution in [3.8, 4) is 5.75 Å². The molecule has 0 saturated carbocycles. The minimum atomic E-state index is -0.656. The summed E-state index contributed by atoms with van der Waals surface area (Å²) in [6.45, 7) is 6.89. The van der Waals surface area contributed by atoms with Gasteiger partial charge in [0, 0.05) is 18.7 Å². The average Bonchev–Trinajstić information content (AvgIpc) is 3.04. The summed E-state index contributed by atoms with van der Waals surface area (Å²) in [7, 11) is 1.58. The van der Waals surface area contributed by atoms with Crippen LogP contribution in [0.15, 0.2) is 60.2 Å². The third-order valence-corrected chi connectivity index (χ3v) is 5.57. The molecule has 0 aliphatic carbocycles. The highest BCUT2D eigenvalue weighted by Crippen LogP contribution is 2.39. The maximum absolute atomic E-state index is 13.0. The van der Waals surface area contributed by atoms with Gasteiger partial charge in [-0.25, -0.2) is 0 Å². The van der Waals surface area contributed by atoms with Crippen LogP contribution in [0.2, 0.25) is 0 Å². The van der Waals surface area contributed by atoms with Gasteiger partial charge < -0.3 is 19.6 Å². The highest BCUT2D eigenvalue weighted by molar-refractivity contribution is 6.46. The predicted molar refractivity (Wildman–Crippen MR) is 116 cm³/mol. The van der Waals surface area contributed by atoms with Gasteiger partial charge in [-0.3, -0.25) is 9.59 Å². The van der Waals surface area contributed by atoms with Crippen LogP contribution in [-0.2, 0) is 9.59 Å². The Morgan fingerprint density at radius 2 is 1.67 bits per heavy atom. The summed E-state index contributed by atoms with van der Waals surface area (Å²) in [6, 6.07) is 15.5. The summed E-state index contributed by atoms with van der Waals surface area (Å²) in [4.78, 5) is 29.7. The summed E-state index contributed by atoms with van der Waals surface area (Å²) in [5.74, 6) is -0.709. The Bertz CT molecular complexity index is 918. The molecule has 1 saturated heterocycles. The van der Waals surface area contributed by atoms with Crippen molar-refractivity contribution in [2.24, 2.45) is 0 Å². The number of carbonyl (C=O) groups is 2. The zero-order valence-corrected chi connectivity index (χ0v) is 17.7. The van der Waals surface area contributed by atoms with Crippen molar-refractivity contribution in [2.75, 3.05) is 33.3 Å². The number of hydrogen-bond donors (Lipinski definition) is 1. The number of likely N-dealkylation sites (tertiary alicyclic amines) is 1. The molecule has 1 atom stereocenters. The topological polar surface area (TPSA) is 70.1 Å². The molecule has 0 radical (unpaired) electrons. The fraction of sp³-hybridized carbons (Fsp3) is 0.333. The van der Waals surface area contributed by atoms with Crippen LogP contribution >= 0.6 is 0 Å². The lowest BCUT2D eigenvalue weighted by atomic mass is 9.95. The second-order valence-electron chi connectivity index (χ2n) is 7.16. The molecule has 6 nitrogen and oxygen atoms in total. The normalized spacial score (nSPS) is 18.3. The predicted octanol–water partition coefficient (Wildman–Crippen LogP) is 3.46. The van der Waals surface area contributed by atoms with E-state index < -0.39 is 17.7 Å². The molecule has 0 spiro atoms. The van der Waals surface area contributed by atoms with Gasteiger partial charge >= 0.3 is 0 Å². The standard InChI is InChI=1S/C24H28N2O4/c1-4-25(5-2)15-16-26-21(17-11-13-19(30-3)14-12-17)20(23(28)24(26)29)22(27)18-9-7-6-8-10-18/h6-14,21,27H,4-5,15-16H2,1-3H3/t21-/m0/s1. The van der Waals surface area contributed by atoms with Gasteiger partial charge in [-0.2, -0.15) is 0 Å². The second kappa shape index (κ2) is 9.59. The summed E-state index contributed by atoms with van der Waals surface area (Å²) < 4.78 is 5.24. The fourth-order valence-electron chi connectivity index (χ4n) is 3.78. The first kappa shape index (κ1) is 21.6. The van der Waals surface area contributed by atoms with Crippen LogP contribution in [-0.4, -0.2) is 59.9 Å². The van der Waals surface area contributed by atoms with Crippen LogP contribution in [0.25, 0.3) is 5.76 Å². The molecule has 1 amide bonds. The molecular weight excluding hydrogens is 380 g/mol. The average molecular weight is 408 g/mol. The van der Waals surface area contributed by atoms with Crippen LogP contribution in [0.4, 0.5) is 0 Å². The number of Topliss-reactive ketones (excluding diaryl/α,β-unsaturated/α-hetero) is 1. The molecule has 3 rings (SSSR count). The Balaban J connectivity index is 2.07. The molecule has 1 aliphatic rings. The number of likely N-dealkylation sites (N-methyl/N-ethyl adjacent to an activating group) is 1. The highest BCUT2D eigenvalue weighted by atomic mass is 16.5. The summed E-state index contributed by atoms with van der Waals surface area (Å²) in [6.07, 6.45) is 0. The molecule has 1 aliphatic heterocycles. The summed E-state index contributed by atoms with van der Waals surface area (Å²) >= 11 is 0. The van der Waals surface area contributed by atoms with E-state index in [4.69, 9.17) is 4.74 Å². The van der Waals surface area contributed by atoms with Gasteiger partial charge in [-0.15, -0.1) is 0 Å². The van der Waals surface area contributed by atoms with E-state index in [0.29, 0.717) is 24.4 Å². The zero-order valence-electron chi connectivity index (χ0n) is 17.7. The van der Waals surface area contributed by atoms with E-state index in [0.717, 1.165) is 18.7 Å². The number of aliphatic hydroxyl groups excluding tert-OH is 1. The molecule has 0 bridgehead atoms. The largest absolute Gasteiger partial charge is 0.507 e. The van der Waals surface area contributed by atoms with E-state index in [9.17, 15) is 14.7 Å². The van der Waals surface area contributed by atoms with E-state index in [-0.39, 0.29) is 11.3 Å². The van der Waals surface area contributed by atoms with Crippen molar-refractivity contribution < 1.29 is 19.4 Å². The van der Waals surface area contributed by atoms with E-state index in [1.54, 1.807) is 48.4 Å². The number of ketones is 1. The molecule has 1 N–H and O–H groups in total. The van der Waals surface area contributed by atoms with Gasteiger partial charge in [0.25, 0.3) is 11.7 Å². The SMILES string of the molecule is CCN(CC)CCN1C(=O)C(=O)C(=C(O)c2ccccc2)[C@@H]1c1ccc(OC)cc1. The molecule has 2 aromatic carbocycles. The van der Waals surface area contributed by atoms with Crippen molar-refractivity contribution in [1.82, 2.24) is 9.80 Å². The summed E-state index contributed by atoms with van der Waals surface area (Å²) in [5.41, 5.74) is 1.39. The molecule has 6 heteroatoms. The smallest absolute Gasteiger partial charge is 0.295 e. The number of nitrogens with zero attached hydrogens (tertiary/aromatic N) is 2. The minimum Gasteiger partial charge on any atom is -0.507 e. The van der Waals surface area contributed by atoms with E-state index in [1.165, 1.54) is 0 Å². The quantitative estimate of drug-likeness (QED) is 0.412. The molecule has 0 unspecified atom stereocenters. The molecule has 158 valence electrons. The highest BCUT2D eigenvalue weighted by Gasteiger charge is 2.45. The summed E-state index contributed by atoms with van der Waals surface area (Å²) in [5, 5.41) is 11.0. The van der Waals surface area contributed by atoms with E-state index >= 15 is 0 Å². The number of aliphatic hydroxyl groups is 1. The molecule has 1 fully saturated rings. The maximum atomic E-state index is 13.0. The minimum absolute atomic E-state index is 0.121. The van der Waals surface area contributed by atoms with Crippen molar-refractivity contribution >= 4 is 17.4 Å². The van der Waals surface area contributed by atoms with Gasteiger partial charge in [0.2, 0.25) is 0 Å².